The molecule has 0 unspecified atom stereocenters. The van der Waals surface area contributed by atoms with Crippen molar-refractivity contribution in [2.75, 3.05) is 13.2 Å². The number of rotatable bonds is 6. The topological polar surface area (TPSA) is 39.1 Å². The van der Waals surface area contributed by atoms with E-state index in [4.69, 9.17) is 4.74 Å². The Morgan fingerprint density at radius 1 is 1.44 bits per heavy atom. The van der Waals surface area contributed by atoms with Gasteiger partial charge in [0.05, 0.1) is 24.4 Å². The number of nitrogens with one attached hydrogen (secondary N) is 1. The summed E-state index contributed by atoms with van der Waals surface area (Å²) in [5.41, 5.74) is 1.13. The first-order valence-electron chi connectivity index (χ1n) is 5.88. The molecular weight excluding hydrogens is 202 g/mol. The predicted molar refractivity (Wildman–Crippen MR) is 65.3 cm³/mol. The van der Waals surface area contributed by atoms with Crippen molar-refractivity contribution >= 4 is 0 Å². The van der Waals surface area contributed by atoms with E-state index >= 15 is 0 Å². The highest BCUT2D eigenvalue weighted by Crippen LogP contribution is 2.07. The van der Waals surface area contributed by atoms with E-state index in [9.17, 15) is 0 Å². The lowest BCUT2D eigenvalue weighted by Crippen LogP contribution is -2.23. The van der Waals surface area contributed by atoms with Gasteiger partial charge in [-0.25, -0.2) is 0 Å². The molecule has 0 saturated heterocycles. The van der Waals surface area contributed by atoms with Crippen LogP contribution in [0.25, 0.3) is 0 Å². The number of hydrogen-bond acceptors (Lipinski definition) is 3. The largest absolute Gasteiger partial charge is 0.374 e. The molecule has 4 nitrogen and oxygen atoms in total. The molecular formula is C12H23N3O. The van der Waals surface area contributed by atoms with Gasteiger partial charge in [-0.1, -0.05) is 6.92 Å². The quantitative estimate of drug-likeness (QED) is 0.802. The van der Waals surface area contributed by atoms with Gasteiger partial charge in [0.2, 0.25) is 0 Å². The van der Waals surface area contributed by atoms with E-state index in [2.05, 4.69) is 38.1 Å². The molecule has 0 aromatic carbocycles. The Morgan fingerprint density at radius 3 is 2.81 bits per heavy atom. The Bertz CT molecular complexity index is 301. The van der Waals surface area contributed by atoms with Crippen molar-refractivity contribution in [2.45, 2.75) is 46.4 Å². The van der Waals surface area contributed by atoms with Crippen LogP contribution in [-0.4, -0.2) is 28.5 Å². The smallest absolute Gasteiger partial charge is 0.0669 e. The van der Waals surface area contributed by atoms with Gasteiger partial charge in [0.15, 0.2) is 0 Å². The summed E-state index contributed by atoms with van der Waals surface area (Å²) >= 11 is 0. The van der Waals surface area contributed by atoms with Gasteiger partial charge in [-0.05, 0) is 33.4 Å². The average molecular weight is 225 g/mol. The summed E-state index contributed by atoms with van der Waals surface area (Å²) in [6, 6.07) is 2.04. The molecule has 0 aliphatic heterocycles. The molecule has 16 heavy (non-hydrogen) atoms. The average Bonchev–Trinajstić information content (AvgIpc) is 2.60. The van der Waals surface area contributed by atoms with Crippen LogP contribution in [0.15, 0.2) is 12.3 Å². The maximum atomic E-state index is 5.68. The zero-order valence-electron chi connectivity index (χ0n) is 10.8. The molecule has 1 N–H and O–H groups in total. The lowest BCUT2D eigenvalue weighted by molar-refractivity contribution is -0.00817. The van der Waals surface area contributed by atoms with Crippen LogP contribution in [0.5, 0.6) is 0 Å². The van der Waals surface area contributed by atoms with Crippen LogP contribution in [0, 0.1) is 0 Å². The summed E-state index contributed by atoms with van der Waals surface area (Å²) in [6.07, 6.45) is 1.84. The molecule has 1 aromatic rings. The molecule has 1 rings (SSSR count). The van der Waals surface area contributed by atoms with Gasteiger partial charge in [0.1, 0.15) is 0 Å². The molecule has 0 fully saturated rings. The first-order chi connectivity index (χ1) is 7.53. The predicted octanol–water partition coefficient (Wildman–Crippen LogP) is 1.81. The molecule has 0 saturated carbocycles. The van der Waals surface area contributed by atoms with Crippen LogP contribution in [0.2, 0.25) is 0 Å². The minimum Gasteiger partial charge on any atom is -0.374 e. The summed E-state index contributed by atoms with van der Waals surface area (Å²) in [4.78, 5) is 0. The lowest BCUT2D eigenvalue weighted by atomic mass is 10.2. The van der Waals surface area contributed by atoms with E-state index in [1.54, 1.807) is 0 Å². The van der Waals surface area contributed by atoms with E-state index in [1.807, 2.05) is 16.9 Å². The van der Waals surface area contributed by atoms with Crippen LogP contribution >= 0.6 is 0 Å². The van der Waals surface area contributed by atoms with Gasteiger partial charge in [-0.2, -0.15) is 5.10 Å². The fourth-order valence-electron chi connectivity index (χ4n) is 1.40. The second-order valence-electron chi connectivity index (χ2n) is 4.79. The minimum absolute atomic E-state index is 0.0744. The summed E-state index contributed by atoms with van der Waals surface area (Å²) in [5, 5.41) is 7.58. The summed E-state index contributed by atoms with van der Waals surface area (Å²) < 4.78 is 7.68. The van der Waals surface area contributed by atoms with E-state index in [0.29, 0.717) is 6.61 Å². The van der Waals surface area contributed by atoms with Gasteiger partial charge in [-0.3, -0.25) is 4.68 Å². The van der Waals surface area contributed by atoms with Gasteiger partial charge in [-0.15, -0.1) is 0 Å². The first kappa shape index (κ1) is 13.2. The highest BCUT2D eigenvalue weighted by molar-refractivity contribution is 4.99. The third kappa shape index (κ3) is 4.77. The molecule has 0 radical (unpaired) electrons. The van der Waals surface area contributed by atoms with Crippen molar-refractivity contribution in [3.63, 3.8) is 0 Å². The van der Waals surface area contributed by atoms with Gasteiger partial charge in [0.25, 0.3) is 0 Å². The fourth-order valence-corrected chi connectivity index (χ4v) is 1.40. The molecule has 0 aliphatic carbocycles. The number of ether oxygens (including phenoxy) is 1. The van der Waals surface area contributed by atoms with E-state index in [0.717, 1.165) is 19.6 Å². The van der Waals surface area contributed by atoms with E-state index in [-0.39, 0.29) is 5.60 Å². The molecule has 0 atom stereocenters. The summed E-state index contributed by atoms with van der Waals surface area (Å²) in [6.45, 7) is 11.6. The minimum atomic E-state index is -0.0744. The maximum Gasteiger partial charge on any atom is 0.0669 e. The van der Waals surface area contributed by atoms with Crippen molar-refractivity contribution < 1.29 is 4.74 Å². The summed E-state index contributed by atoms with van der Waals surface area (Å²) in [5.74, 6) is 0. The fraction of sp³-hybridized carbons (Fsp3) is 0.750. The Kier molecular flexibility index (Phi) is 4.96. The Hall–Kier alpha value is -0.870. The molecule has 92 valence electrons. The van der Waals surface area contributed by atoms with Crippen molar-refractivity contribution in [1.82, 2.24) is 15.1 Å². The normalized spacial score (nSPS) is 12.0. The highest BCUT2D eigenvalue weighted by Gasteiger charge is 2.10. The van der Waals surface area contributed by atoms with Crippen molar-refractivity contribution in [1.29, 1.82) is 0 Å². The highest BCUT2D eigenvalue weighted by atomic mass is 16.5. The molecule has 0 amide bonds. The van der Waals surface area contributed by atoms with E-state index < -0.39 is 0 Å². The Balaban J connectivity index is 2.38. The van der Waals surface area contributed by atoms with Crippen LogP contribution in [0.4, 0.5) is 0 Å². The molecule has 0 bridgehead atoms. The van der Waals surface area contributed by atoms with E-state index in [1.165, 1.54) is 5.69 Å². The van der Waals surface area contributed by atoms with Crippen molar-refractivity contribution in [3.05, 3.63) is 18.0 Å². The molecule has 0 spiro atoms. The zero-order valence-corrected chi connectivity index (χ0v) is 10.8. The van der Waals surface area contributed by atoms with Gasteiger partial charge >= 0.3 is 0 Å². The molecule has 1 aromatic heterocycles. The van der Waals surface area contributed by atoms with Crippen LogP contribution < -0.4 is 5.32 Å². The zero-order chi connectivity index (χ0) is 12.0. The van der Waals surface area contributed by atoms with Crippen LogP contribution in [0.3, 0.4) is 0 Å². The molecule has 0 aliphatic rings. The first-order valence-corrected chi connectivity index (χ1v) is 5.88. The third-order valence-corrected chi connectivity index (χ3v) is 2.20. The second-order valence-corrected chi connectivity index (χ2v) is 4.79. The number of nitrogens with zero attached hydrogens (tertiary/aromatic N) is 2. The SMILES string of the molecule is CCNCc1ccnn1CCOC(C)(C)C. The van der Waals surface area contributed by atoms with Crippen LogP contribution in [0.1, 0.15) is 33.4 Å². The maximum absolute atomic E-state index is 5.68. The number of aromatic nitrogens is 2. The molecule has 1 heterocycles. The van der Waals surface area contributed by atoms with Crippen molar-refractivity contribution in [2.24, 2.45) is 0 Å². The van der Waals surface area contributed by atoms with Crippen LogP contribution in [-0.2, 0) is 17.8 Å². The summed E-state index contributed by atoms with van der Waals surface area (Å²) in [7, 11) is 0. The third-order valence-electron chi connectivity index (χ3n) is 2.20. The van der Waals surface area contributed by atoms with Gasteiger partial charge in [0, 0.05) is 12.7 Å². The van der Waals surface area contributed by atoms with Crippen molar-refractivity contribution in [3.8, 4) is 0 Å². The Labute approximate surface area is 98.0 Å². The van der Waals surface area contributed by atoms with Gasteiger partial charge < -0.3 is 10.1 Å². The molecule has 4 heteroatoms. The number of hydrogen-bond donors (Lipinski definition) is 1. The second kappa shape index (κ2) is 6.01. The monoisotopic (exact) mass is 225 g/mol. The lowest BCUT2D eigenvalue weighted by Gasteiger charge is -2.19. The standard InChI is InChI=1S/C12H23N3O/c1-5-13-10-11-6-7-14-15(11)8-9-16-12(2,3)4/h6-7,13H,5,8-10H2,1-4H3. The Morgan fingerprint density at radius 2 is 2.19 bits per heavy atom.